The molecule has 0 fully saturated rings. The fourth-order valence-corrected chi connectivity index (χ4v) is 1.39. The fourth-order valence-electron chi connectivity index (χ4n) is 1.39. The molecule has 0 bridgehead atoms. The Balaban J connectivity index is 2.07. The van der Waals surface area contributed by atoms with E-state index in [1.807, 2.05) is 17.8 Å². The number of hydrogen-bond donors (Lipinski definition) is 2. The van der Waals surface area contributed by atoms with E-state index in [4.69, 9.17) is 5.11 Å². The van der Waals surface area contributed by atoms with E-state index in [-0.39, 0.29) is 5.69 Å². The number of carboxylic acids is 1. The van der Waals surface area contributed by atoms with Crippen molar-refractivity contribution in [2.24, 2.45) is 7.05 Å². The van der Waals surface area contributed by atoms with E-state index in [2.05, 4.69) is 15.3 Å². The average molecular weight is 232 g/mol. The lowest BCUT2D eigenvalue weighted by Gasteiger charge is -2.06. The third-order valence-corrected chi connectivity index (χ3v) is 2.32. The minimum atomic E-state index is -1.04. The Morgan fingerprint density at radius 3 is 3.00 bits per heavy atom. The van der Waals surface area contributed by atoms with Crippen LogP contribution in [0.3, 0.4) is 0 Å². The molecule has 0 unspecified atom stereocenters. The van der Waals surface area contributed by atoms with Gasteiger partial charge in [-0.3, -0.25) is 0 Å². The summed E-state index contributed by atoms with van der Waals surface area (Å²) < 4.78 is 1.88. The van der Waals surface area contributed by atoms with Crippen molar-refractivity contribution in [3.05, 3.63) is 42.1 Å². The summed E-state index contributed by atoms with van der Waals surface area (Å²) >= 11 is 0. The van der Waals surface area contributed by atoms with Crippen LogP contribution < -0.4 is 5.32 Å². The van der Waals surface area contributed by atoms with Crippen LogP contribution in [-0.4, -0.2) is 25.6 Å². The lowest BCUT2D eigenvalue weighted by Crippen LogP contribution is -2.08. The number of carboxylic acid groups (broad SMARTS) is 1. The summed E-state index contributed by atoms with van der Waals surface area (Å²) in [5, 5.41) is 11.8. The van der Waals surface area contributed by atoms with Crippen molar-refractivity contribution in [1.82, 2.24) is 14.5 Å². The van der Waals surface area contributed by atoms with Crippen LogP contribution in [0.4, 0.5) is 5.82 Å². The minimum Gasteiger partial charge on any atom is -0.477 e. The van der Waals surface area contributed by atoms with Crippen LogP contribution in [0, 0.1) is 0 Å². The largest absolute Gasteiger partial charge is 0.477 e. The zero-order chi connectivity index (χ0) is 12.3. The number of aryl methyl sites for hydroxylation is 1. The third kappa shape index (κ3) is 2.60. The van der Waals surface area contributed by atoms with Crippen LogP contribution in [0.25, 0.3) is 0 Å². The highest BCUT2D eigenvalue weighted by molar-refractivity contribution is 5.85. The van der Waals surface area contributed by atoms with Crippen molar-refractivity contribution in [2.45, 2.75) is 6.54 Å². The number of imidazole rings is 1. The summed E-state index contributed by atoms with van der Waals surface area (Å²) in [6, 6.07) is 4.82. The van der Waals surface area contributed by atoms with Gasteiger partial charge in [0, 0.05) is 19.4 Å². The van der Waals surface area contributed by atoms with Crippen molar-refractivity contribution in [2.75, 3.05) is 5.32 Å². The number of hydrogen-bond acceptors (Lipinski definition) is 4. The monoisotopic (exact) mass is 232 g/mol. The molecule has 2 rings (SSSR count). The van der Waals surface area contributed by atoms with Crippen molar-refractivity contribution in [3.8, 4) is 0 Å². The number of nitrogens with zero attached hydrogens (tertiary/aromatic N) is 3. The molecule has 0 radical (unpaired) electrons. The van der Waals surface area contributed by atoms with E-state index in [0.717, 1.165) is 5.82 Å². The van der Waals surface area contributed by atoms with Gasteiger partial charge in [0.05, 0.1) is 6.54 Å². The van der Waals surface area contributed by atoms with Crippen molar-refractivity contribution < 1.29 is 9.90 Å². The van der Waals surface area contributed by atoms with Crippen molar-refractivity contribution >= 4 is 11.8 Å². The third-order valence-electron chi connectivity index (χ3n) is 2.32. The molecule has 0 aliphatic rings. The van der Waals surface area contributed by atoms with Gasteiger partial charge in [-0.15, -0.1) is 0 Å². The second-order valence-corrected chi connectivity index (χ2v) is 3.52. The Kier molecular flexibility index (Phi) is 3.04. The Bertz CT molecular complexity index is 536. The molecule has 17 heavy (non-hydrogen) atoms. The van der Waals surface area contributed by atoms with Crippen LogP contribution in [0.2, 0.25) is 0 Å². The number of carbonyl (C=O) groups is 1. The number of rotatable bonds is 4. The first kappa shape index (κ1) is 11.1. The second kappa shape index (κ2) is 4.65. The Morgan fingerprint density at radius 1 is 1.53 bits per heavy atom. The van der Waals surface area contributed by atoms with E-state index >= 15 is 0 Å². The first-order valence-corrected chi connectivity index (χ1v) is 5.07. The highest BCUT2D eigenvalue weighted by atomic mass is 16.4. The minimum absolute atomic E-state index is 0.0230. The zero-order valence-corrected chi connectivity index (χ0v) is 9.29. The molecule has 0 spiro atoms. The standard InChI is InChI=1S/C11H12N4O2/c1-15-6-5-12-10(15)7-13-9-4-2-3-8(14-9)11(16)17/h2-6H,7H2,1H3,(H,13,14)(H,16,17). The molecule has 0 amide bonds. The number of aromatic carboxylic acids is 1. The number of aromatic nitrogens is 3. The molecular weight excluding hydrogens is 220 g/mol. The van der Waals surface area contributed by atoms with Gasteiger partial charge in [0.1, 0.15) is 11.6 Å². The molecule has 0 aliphatic heterocycles. The van der Waals surface area contributed by atoms with E-state index in [9.17, 15) is 4.79 Å². The van der Waals surface area contributed by atoms with Gasteiger partial charge in [-0.1, -0.05) is 6.07 Å². The number of pyridine rings is 1. The quantitative estimate of drug-likeness (QED) is 0.825. The number of nitrogens with one attached hydrogen (secondary N) is 1. The molecule has 0 aliphatic carbocycles. The molecule has 88 valence electrons. The lowest BCUT2D eigenvalue weighted by atomic mass is 10.3. The Labute approximate surface area is 97.9 Å². The maximum atomic E-state index is 10.7. The summed E-state index contributed by atoms with van der Waals surface area (Å²) in [6.07, 6.45) is 3.55. The Hall–Kier alpha value is -2.37. The van der Waals surface area contributed by atoms with Crippen molar-refractivity contribution in [1.29, 1.82) is 0 Å². The van der Waals surface area contributed by atoms with Gasteiger partial charge in [-0.05, 0) is 12.1 Å². The van der Waals surface area contributed by atoms with Crippen LogP contribution >= 0.6 is 0 Å². The highest BCUT2D eigenvalue weighted by Gasteiger charge is 2.05. The fraction of sp³-hybridized carbons (Fsp3) is 0.182. The van der Waals surface area contributed by atoms with E-state index < -0.39 is 5.97 Å². The molecule has 6 heteroatoms. The predicted octanol–water partition coefficient (Wildman–Crippen LogP) is 1.13. The van der Waals surface area contributed by atoms with Gasteiger partial charge >= 0.3 is 5.97 Å². The van der Waals surface area contributed by atoms with Crippen LogP contribution in [0.5, 0.6) is 0 Å². The molecule has 2 aromatic rings. The van der Waals surface area contributed by atoms with Gasteiger partial charge in [-0.2, -0.15) is 0 Å². The maximum Gasteiger partial charge on any atom is 0.354 e. The molecule has 2 aromatic heterocycles. The van der Waals surface area contributed by atoms with Gasteiger partial charge in [0.25, 0.3) is 0 Å². The topological polar surface area (TPSA) is 80.0 Å². The van der Waals surface area contributed by atoms with Crippen LogP contribution in [-0.2, 0) is 13.6 Å². The highest BCUT2D eigenvalue weighted by Crippen LogP contribution is 2.06. The predicted molar refractivity (Wildman–Crippen MR) is 61.7 cm³/mol. The van der Waals surface area contributed by atoms with Crippen LogP contribution in [0.1, 0.15) is 16.3 Å². The first-order chi connectivity index (χ1) is 8.16. The number of anilines is 1. The van der Waals surface area contributed by atoms with E-state index in [1.54, 1.807) is 18.3 Å². The average Bonchev–Trinajstić information content (AvgIpc) is 2.72. The molecule has 0 saturated carbocycles. The van der Waals surface area contributed by atoms with Gasteiger partial charge in [-0.25, -0.2) is 14.8 Å². The SMILES string of the molecule is Cn1ccnc1CNc1cccc(C(=O)O)n1. The summed E-state index contributed by atoms with van der Waals surface area (Å²) in [5.41, 5.74) is 0.0230. The lowest BCUT2D eigenvalue weighted by molar-refractivity contribution is 0.0690. The Morgan fingerprint density at radius 2 is 2.35 bits per heavy atom. The van der Waals surface area contributed by atoms with Crippen molar-refractivity contribution in [3.63, 3.8) is 0 Å². The zero-order valence-electron chi connectivity index (χ0n) is 9.29. The first-order valence-electron chi connectivity index (χ1n) is 5.07. The summed E-state index contributed by atoms with van der Waals surface area (Å²) in [5.74, 6) is 0.339. The molecule has 0 atom stereocenters. The maximum absolute atomic E-state index is 10.7. The molecule has 2 heterocycles. The summed E-state index contributed by atoms with van der Waals surface area (Å²) in [7, 11) is 1.89. The molecule has 2 N–H and O–H groups in total. The molecule has 0 aromatic carbocycles. The van der Waals surface area contributed by atoms with Gasteiger partial charge in [0.2, 0.25) is 0 Å². The summed E-state index contributed by atoms with van der Waals surface area (Å²) in [6.45, 7) is 0.500. The summed E-state index contributed by atoms with van der Waals surface area (Å²) in [4.78, 5) is 18.8. The molecule has 6 nitrogen and oxygen atoms in total. The second-order valence-electron chi connectivity index (χ2n) is 3.52. The normalized spacial score (nSPS) is 10.2. The van der Waals surface area contributed by atoms with E-state index in [0.29, 0.717) is 12.4 Å². The molecule has 0 saturated heterocycles. The molecular formula is C11H12N4O2. The van der Waals surface area contributed by atoms with Gasteiger partial charge < -0.3 is 15.0 Å². The smallest absolute Gasteiger partial charge is 0.354 e. The van der Waals surface area contributed by atoms with Gasteiger partial charge in [0.15, 0.2) is 5.69 Å². The van der Waals surface area contributed by atoms with E-state index in [1.165, 1.54) is 6.07 Å². The van der Waals surface area contributed by atoms with Crippen LogP contribution in [0.15, 0.2) is 30.6 Å².